The number of halogens is 1. The lowest BCUT2D eigenvalue weighted by molar-refractivity contribution is 0.0157. The first-order valence-electron chi connectivity index (χ1n) is 6.23. The highest BCUT2D eigenvalue weighted by Crippen LogP contribution is 2.17. The van der Waals surface area contributed by atoms with E-state index in [1.165, 1.54) is 12.1 Å². The molecule has 0 fully saturated rings. The van der Waals surface area contributed by atoms with Crippen LogP contribution in [0.25, 0.3) is 0 Å². The van der Waals surface area contributed by atoms with E-state index >= 15 is 0 Å². The van der Waals surface area contributed by atoms with E-state index in [1.54, 1.807) is 13.2 Å². The number of ether oxygens (including phenoxy) is 2. The van der Waals surface area contributed by atoms with Gasteiger partial charge in [-0.05, 0) is 17.7 Å². The van der Waals surface area contributed by atoms with E-state index in [0.717, 1.165) is 5.56 Å². The molecule has 4 heteroatoms. The summed E-state index contributed by atoms with van der Waals surface area (Å²) in [5, 5.41) is 3.30. The Hall–Kier alpha value is -0.970. The van der Waals surface area contributed by atoms with Gasteiger partial charge in [0.05, 0.1) is 19.3 Å². The minimum atomic E-state index is -0.239. The summed E-state index contributed by atoms with van der Waals surface area (Å²) in [6, 6.07) is 6.90. The molecule has 1 unspecified atom stereocenters. The van der Waals surface area contributed by atoms with Crippen LogP contribution < -0.4 is 5.32 Å². The van der Waals surface area contributed by atoms with E-state index in [1.807, 2.05) is 6.07 Å². The van der Waals surface area contributed by atoms with Crippen molar-refractivity contribution in [2.24, 2.45) is 0 Å². The molecule has 0 saturated carbocycles. The summed E-state index contributed by atoms with van der Waals surface area (Å²) in [7, 11) is 1.63. The van der Waals surface area contributed by atoms with Crippen molar-refractivity contribution in [3.63, 3.8) is 0 Å². The second-order valence-corrected chi connectivity index (χ2v) is 4.47. The smallest absolute Gasteiger partial charge is 0.123 e. The van der Waals surface area contributed by atoms with Gasteiger partial charge < -0.3 is 14.8 Å². The predicted octanol–water partition coefficient (Wildman–Crippen LogP) is 2.53. The maximum Gasteiger partial charge on any atom is 0.123 e. The lowest BCUT2D eigenvalue weighted by atomic mass is 10.1. The first kappa shape index (κ1) is 15.1. The Labute approximate surface area is 108 Å². The van der Waals surface area contributed by atoms with Crippen molar-refractivity contribution in [3.8, 4) is 0 Å². The summed E-state index contributed by atoms with van der Waals surface area (Å²) in [5.74, 6) is -0.239. The van der Waals surface area contributed by atoms with Gasteiger partial charge >= 0.3 is 0 Å². The van der Waals surface area contributed by atoms with Gasteiger partial charge in [-0.2, -0.15) is 0 Å². The average Bonchev–Trinajstić information content (AvgIpc) is 2.33. The van der Waals surface area contributed by atoms with Crippen molar-refractivity contribution in [1.29, 1.82) is 0 Å². The van der Waals surface area contributed by atoms with E-state index in [0.29, 0.717) is 25.8 Å². The fraction of sp³-hybridized carbons (Fsp3) is 0.571. The van der Waals surface area contributed by atoms with Crippen LogP contribution in [0, 0.1) is 5.82 Å². The SMILES string of the molecule is COCCOC(CNC(C)C)c1cccc(F)c1. The van der Waals surface area contributed by atoms with Crippen LogP contribution in [0.5, 0.6) is 0 Å². The molecule has 0 heterocycles. The first-order chi connectivity index (χ1) is 8.63. The molecule has 0 aromatic heterocycles. The van der Waals surface area contributed by atoms with Crippen LogP contribution in [0.15, 0.2) is 24.3 Å². The number of rotatable bonds is 8. The molecule has 18 heavy (non-hydrogen) atoms. The van der Waals surface area contributed by atoms with Crippen LogP contribution in [0.3, 0.4) is 0 Å². The molecule has 0 aliphatic rings. The Bertz CT molecular complexity index is 344. The van der Waals surface area contributed by atoms with Crippen molar-refractivity contribution in [2.75, 3.05) is 26.9 Å². The third-order valence-electron chi connectivity index (χ3n) is 2.54. The fourth-order valence-electron chi connectivity index (χ4n) is 1.60. The zero-order valence-corrected chi connectivity index (χ0v) is 11.3. The highest BCUT2D eigenvalue weighted by atomic mass is 19.1. The second kappa shape index (κ2) is 8.19. The average molecular weight is 255 g/mol. The first-order valence-corrected chi connectivity index (χ1v) is 6.23. The maximum absolute atomic E-state index is 13.2. The van der Waals surface area contributed by atoms with E-state index in [-0.39, 0.29) is 11.9 Å². The van der Waals surface area contributed by atoms with Gasteiger partial charge in [0, 0.05) is 19.7 Å². The summed E-state index contributed by atoms with van der Waals surface area (Å²) in [4.78, 5) is 0. The lowest BCUT2D eigenvalue weighted by Gasteiger charge is -2.20. The molecule has 0 aliphatic heterocycles. The Morgan fingerprint density at radius 3 is 2.67 bits per heavy atom. The molecule has 0 radical (unpaired) electrons. The molecule has 0 aliphatic carbocycles. The van der Waals surface area contributed by atoms with Crippen LogP contribution in [-0.4, -0.2) is 32.9 Å². The van der Waals surface area contributed by atoms with E-state index < -0.39 is 0 Å². The summed E-state index contributed by atoms with van der Waals surface area (Å²) in [6.07, 6.45) is -0.154. The molecule has 102 valence electrons. The number of hydrogen-bond donors (Lipinski definition) is 1. The molecule has 1 atom stereocenters. The van der Waals surface area contributed by atoms with Crippen molar-refractivity contribution in [3.05, 3.63) is 35.6 Å². The summed E-state index contributed by atoms with van der Waals surface area (Å²) in [5.41, 5.74) is 0.847. The van der Waals surface area contributed by atoms with Gasteiger partial charge in [-0.15, -0.1) is 0 Å². The molecule has 0 saturated heterocycles. The van der Waals surface area contributed by atoms with Crippen LogP contribution in [-0.2, 0) is 9.47 Å². The number of benzene rings is 1. The summed E-state index contributed by atoms with van der Waals surface area (Å²) >= 11 is 0. The van der Waals surface area contributed by atoms with Crippen molar-refractivity contribution >= 4 is 0 Å². The molecular weight excluding hydrogens is 233 g/mol. The Balaban J connectivity index is 2.63. The van der Waals surface area contributed by atoms with Crippen LogP contribution >= 0.6 is 0 Å². The van der Waals surface area contributed by atoms with Gasteiger partial charge in [-0.1, -0.05) is 26.0 Å². The minimum Gasteiger partial charge on any atom is -0.382 e. The zero-order valence-electron chi connectivity index (χ0n) is 11.3. The number of nitrogens with one attached hydrogen (secondary N) is 1. The molecule has 0 bridgehead atoms. The third kappa shape index (κ3) is 5.58. The minimum absolute atomic E-state index is 0.154. The molecule has 1 N–H and O–H groups in total. The van der Waals surface area contributed by atoms with Gasteiger partial charge in [0.2, 0.25) is 0 Å². The maximum atomic E-state index is 13.2. The lowest BCUT2D eigenvalue weighted by Crippen LogP contribution is -2.29. The van der Waals surface area contributed by atoms with Gasteiger partial charge in [0.25, 0.3) is 0 Å². The molecule has 0 spiro atoms. The van der Waals surface area contributed by atoms with Gasteiger partial charge in [-0.3, -0.25) is 0 Å². The van der Waals surface area contributed by atoms with E-state index in [9.17, 15) is 4.39 Å². The largest absolute Gasteiger partial charge is 0.382 e. The quantitative estimate of drug-likeness (QED) is 0.724. The topological polar surface area (TPSA) is 30.5 Å². The van der Waals surface area contributed by atoms with Crippen LogP contribution in [0.2, 0.25) is 0 Å². The monoisotopic (exact) mass is 255 g/mol. The molecule has 1 rings (SSSR count). The second-order valence-electron chi connectivity index (χ2n) is 4.47. The van der Waals surface area contributed by atoms with E-state index in [2.05, 4.69) is 19.2 Å². The van der Waals surface area contributed by atoms with Crippen molar-refractivity contribution in [2.45, 2.75) is 26.0 Å². The molecule has 1 aromatic rings. The predicted molar refractivity (Wildman–Crippen MR) is 70.1 cm³/mol. The molecular formula is C14H22FNO2. The van der Waals surface area contributed by atoms with Gasteiger partial charge in [0.1, 0.15) is 5.82 Å². The highest BCUT2D eigenvalue weighted by molar-refractivity contribution is 5.19. The fourth-order valence-corrected chi connectivity index (χ4v) is 1.60. The molecule has 1 aromatic carbocycles. The Morgan fingerprint density at radius 1 is 1.28 bits per heavy atom. The van der Waals surface area contributed by atoms with Crippen molar-refractivity contribution in [1.82, 2.24) is 5.32 Å². The normalized spacial score (nSPS) is 12.9. The highest BCUT2D eigenvalue weighted by Gasteiger charge is 2.13. The molecule has 0 amide bonds. The van der Waals surface area contributed by atoms with Crippen LogP contribution in [0.1, 0.15) is 25.5 Å². The van der Waals surface area contributed by atoms with Gasteiger partial charge in [0.15, 0.2) is 0 Å². The van der Waals surface area contributed by atoms with Crippen LogP contribution in [0.4, 0.5) is 4.39 Å². The van der Waals surface area contributed by atoms with E-state index in [4.69, 9.17) is 9.47 Å². The van der Waals surface area contributed by atoms with Crippen molar-refractivity contribution < 1.29 is 13.9 Å². The zero-order chi connectivity index (χ0) is 13.4. The molecule has 3 nitrogen and oxygen atoms in total. The third-order valence-corrected chi connectivity index (χ3v) is 2.54. The Kier molecular flexibility index (Phi) is 6.86. The van der Waals surface area contributed by atoms with Gasteiger partial charge in [-0.25, -0.2) is 4.39 Å². The number of hydrogen-bond acceptors (Lipinski definition) is 3. The Morgan fingerprint density at radius 2 is 2.06 bits per heavy atom. The summed E-state index contributed by atoms with van der Waals surface area (Å²) < 4.78 is 23.9. The summed E-state index contributed by atoms with van der Waals surface area (Å²) in [6.45, 7) is 5.82. The number of methoxy groups -OCH3 is 1. The standard InChI is InChI=1S/C14H22FNO2/c1-11(2)16-10-14(18-8-7-17-3)12-5-4-6-13(15)9-12/h4-6,9,11,14,16H,7-8,10H2,1-3H3.